The van der Waals surface area contributed by atoms with Crippen LogP contribution in [0.3, 0.4) is 0 Å². The topological polar surface area (TPSA) is 58.6 Å². The fraction of sp³-hybridized carbons (Fsp3) is 0.417. The second kappa shape index (κ2) is 4.04. The number of aryl methyl sites for hydroxylation is 1. The van der Waals surface area contributed by atoms with Gasteiger partial charge in [-0.1, -0.05) is 20.8 Å². The Hall–Kier alpha value is -1.71. The first kappa shape index (κ1) is 10.8. The first-order valence-corrected chi connectivity index (χ1v) is 5.50. The number of nitrogens with one attached hydrogen (secondary N) is 1. The van der Waals surface area contributed by atoms with Crippen molar-refractivity contribution in [3.63, 3.8) is 0 Å². The first-order valence-electron chi connectivity index (χ1n) is 5.50. The number of rotatable bonds is 3. The highest BCUT2D eigenvalue weighted by Gasteiger charge is 2.13. The molecule has 0 aliphatic heterocycles. The van der Waals surface area contributed by atoms with Crippen LogP contribution in [0.1, 0.15) is 48.6 Å². The molecule has 2 heterocycles. The number of hydrogen-bond acceptors (Lipinski definition) is 3. The van der Waals surface area contributed by atoms with Crippen molar-refractivity contribution in [1.82, 2.24) is 15.0 Å². The van der Waals surface area contributed by atoms with Gasteiger partial charge in [0.15, 0.2) is 6.29 Å². The van der Waals surface area contributed by atoms with E-state index < -0.39 is 0 Å². The highest BCUT2D eigenvalue weighted by Crippen LogP contribution is 2.21. The standard InChI is InChI=1S/C12H15N3O/c1-4-9-10-8(6-16)5-13-12(10)15-11(14-9)7(2)3/h5-7H,4H2,1-3H3,(H,13,14,15). The Balaban J connectivity index is 2.75. The van der Waals surface area contributed by atoms with E-state index in [2.05, 4.69) is 28.8 Å². The molecule has 0 fully saturated rings. The number of aromatic nitrogens is 3. The lowest BCUT2D eigenvalue weighted by Gasteiger charge is -2.06. The summed E-state index contributed by atoms with van der Waals surface area (Å²) in [5, 5.41) is 0.863. The van der Waals surface area contributed by atoms with Crippen LogP contribution in [0.5, 0.6) is 0 Å². The van der Waals surface area contributed by atoms with Crippen molar-refractivity contribution in [2.45, 2.75) is 33.1 Å². The molecule has 0 aliphatic carbocycles. The van der Waals surface area contributed by atoms with Crippen molar-refractivity contribution >= 4 is 17.3 Å². The molecule has 0 aromatic carbocycles. The van der Waals surface area contributed by atoms with Gasteiger partial charge in [-0.25, -0.2) is 9.97 Å². The van der Waals surface area contributed by atoms with Crippen LogP contribution in [-0.2, 0) is 6.42 Å². The molecule has 2 rings (SSSR count). The molecule has 4 nitrogen and oxygen atoms in total. The maximum atomic E-state index is 10.9. The van der Waals surface area contributed by atoms with Gasteiger partial charge in [0, 0.05) is 17.7 Å². The normalized spacial score (nSPS) is 11.2. The third-order valence-electron chi connectivity index (χ3n) is 2.63. The van der Waals surface area contributed by atoms with Gasteiger partial charge < -0.3 is 4.98 Å². The van der Waals surface area contributed by atoms with Crippen LogP contribution in [0.15, 0.2) is 6.20 Å². The Labute approximate surface area is 94.1 Å². The number of hydrogen-bond donors (Lipinski definition) is 1. The van der Waals surface area contributed by atoms with Crippen molar-refractivity contribution in [1.29, 1.82) is 0 Å². The fourth-order valence-corrected chi connectivity index (χ4v) is 1.76. The van der Waals surface area contributed by atoms with Crippen molar-refractivity contribution in [3.8, 4) is 0 Å². The van der Waals surface area contributed by atoms with Crippen molar-refractivity contribution in [3.05, 3.63) is 23.3 Å². The van der Waals surface area contributed by atoms with Gasteiger partial charge in [-0.2, -0.15) is 0 Å². The average Bonchev–Trinajstić information content (AvgIpc) is 2.70. The van der Waals surface area contributed by atoms with Gasteiger partial charge in [0.25, 0.3) is 0 Å². The maximum absolute atomic E-state index is 10.9. The lowest BCUT2D eigenvalue weighted by Crippen LogP contribution is -2.02. The summed E-state index contributed by atoms with van der Waals surface area (Å²) in [5.41, 5.74) is 2.34. The van der Waals surface area contributed by atoms with Crippen LogP contribution in [0.25, 0.3) is 11.0 Å². The highest BCUT2D eigenvalue weighted by atomic mass is 16.1. The minimum absolute atomic E-state index is 0.290. The molecule has 0 atom stereocenters. The van der Waals surface area contributed by atoms with Gasteiger partial charge in [0.2, 0.25) is 0 Å². The number of nitrogens with zero attached hydrogens (tertiary/aromatic N) is 2. The highest BCUT2D eigenvalue weighted by molar-refractivity contribution is 5.97. The van der Waals surface area contributed by atoms with Gasteiger partial charge in [0.05, 0.1) is 11.1 Å². The zero-order chi connectivity index (χ0) is 11.7. The summed E-state index contributed by atoms with van der Waals surface area (Å²) in [7, 11) is 0. The largest absolute Gasteiger partial charge is 0.345 e. The van der Waals surface area contributed by atoms with Crippen molar-refractivity contribution < 1.29 is 4.79 Å². The lowest BCUT2D eigenvalue weighted by molar-refractivity contribution is 0.112. The van der Waals surface area contributed by atoms with Crippen molar-refractivity contribution in [2.75, 3.05) is 0 Å². The van der Waals surface area contributed by atoms with Gasteiger partial charge in [-0.15, -0.1) is 0 Å². The lowest BCUT2D eigenvalue weighted by atomic mass is 10.1. The molecule has 0 aliphatic rings. The van der Waals surface area contributed by atoms with E-state index in [0.29, 0.717) is 5.56 Å². The van der Waals surface area contributed by atoms with Gasteiger partial charge in [-0.05, 0) is 6.42 Å². The Kier molecular flexibility index (Phi) is 2.73. The van der Waals surface area contributed by atoms with E-state index in [-0.39, 0.29) is 5.92 Å². The van der Waals surface area contributed by atoms with E-state index >= 15 is 0 Å². The molecule has 0 radical (unpaired) electrons. The molecule has 0 bridgehead atoms. The minimum Gasteiger partial charge on any atom is -0.345 e. The van der Waals surface area contributed by atoms with Gasteiger partial charge in [-0.3, -0.25) is 4.79 Å². The number of H-pyrrole nitrogens is 1. The molecule has 0 amide bonds. The molecular formula is C12H15N3O. The Morgan fingerprint density at radius 3 is 2.75 bits per heavy atom. The average molecular weight is 217 g/mol. The maximum Gasteiger partial charge on any atom is 0.152 e. The number of aromatic amines is 1. The molecule has 84 valence electrons. The monoisotopic (exact) mass is 217 g/mol. The minimum atomic E-state index is 0.290. The van der Waals surface area contributed by atoms with E-state index in [1.165, 1.54) is 0 Å². The molecule has 0 saturated heterocycles. The summed E-state index contributed by atoms with van der Waals surface area (Å²) in [6.45, 7) is 6.15. The summed E-state index contributed by atoms with van der Waals surface area (Å²) < 4.78 is 0. The number of carbonyl (C=O) groups is 1. The number of fused-ring (bicyclic) bond motifs is 1. The van der Waals surface area contributed by atoms with Crippen LogP contribution < -0.4 is 0 Å². The van der Waals surface area contributed by atoms with Gasteiger partial charge >= 0.3 is 0 Å². The van der Waals surface area contributed by atoms with Crippen LogP contribution in [0.2, 0.25) is 0 Å². The summed E-state index contributed by atoms with van der Waals surface area (Å²) in [6.07, 6.45) is 3.34. The SMILES string of the molecule is CCc1nc(C(C)C)nc2[nH]cc(C=O)c12. The summed E-state index contributed by atoms with van der Waals surface area (Å²) in [6, 6.07) is 0. The summed E-state index contributed by atoms with van der Waals surface area (Å²) in [4.78, 5) is 22.9. The number of carbonyl (C=O) groups excluding carboxylic acids is 1. The fourth-order valence-electron chi connectivity index (χ4n) is 1.76. The van der Waals surface area contributed by atoms with E-state index in [1.54, 1.807) is 6.20 Å². The summed E-state index contributed by atoms with van der Waals surface area (Å²) >= 11 is 0. The van der Waals surface area contributed by atoms with Crippen LogP contribution >= 0.6 is 0 Å². The van der Waals surface area contributed by atoms with Gasteiger partial charge in [0.1, 0.15) is 11.5 Å². The van der Waals surface area contributed by atoms with Crippen LogP contribution in [0.4, 0.5) is 0 Å². The second-order valence-electron chi connectivity index (χ2n) is 4.12. The zero-order valence-corrected chi connectivity index (χ0v) is 9.74. The molecule has 4 heteroatoms. The zero-order valence-electron chi connectivity index (χ0n) is 9.74. The Morgan fingerprint density at radius 2 is 2.19 bits per heavy atom. The quantitative estimate of drug-likeness (QED) is 0.803. The van der Waals surface area contributed by atoms with Crippen molar-refractivity contribution in [2.24, 2.45) is 0 Å². The molecule has 0 saturated carbocycles. The third kappa shape index (κ3) is 1.60. The predicted octanol–water partition coefficient (Wildman–Crippen LogP) is 2.46. The molecule has 0 spiro atoms. The molecular weight excluding hydrogens is 202 g/mol. The first-order chi connectivity index (χ1) is 7.67. The van der Waals surface area contributed by atoms with Crippen LogP contribution in [0, 0.1) is 0 Å². The summed E-state index contributed by atoms with van der Waals surface area (Å²) in [5.74, 6) is 1.11. The smallest absolute Gasteiger partial charge is 0.152 e. The Morgan fingerprint density at radius 1 is 1.44 bits per heavy atom. The third-order valence-corrected chi connectivity index (χ3v) is 2.63. The number of aldehydes is 1. The van der Waals surface area contributed by atoms with E-state index in [1.807, 2.05) is 6.92 Å². The molecule has 1 N–H and O–H groups in total. The van der Waals surface area contributed by atoms with E-state index in [4.69, 9.17) is 0 Å². The molecule has 0 unspecified atom stereocenters. The molecule has 2 aromatic rings. The molecule has 16 heavy (non-hydrogen) atoms. The van der Waals surface area contributed by atoms with Crippen LogP contribution in [-0.4, -0.2) is 21.2 Å². The second-order valence-corrected chi connectivity index (χ2v) is 4.12. The Bertz CT molecular complexity index is 528. The van der Waals surface area contributed by atoms with E-state index in [0.717, 1.165) is 35.3 Å². The predicted molar refractivity (Wildman–Crippen MR) is 62.7 cm³/mol. The van der Waals surface area contributed by atoms with E-state index in [9.17, 15) is 4.79 Å². The molecule has 2 aromatic heterocycles.